The molecular weight excluding hydrogens is 288 g/mol. The van der Waals surface area contributed by atoms with Crippen molar-refractivity contribution < 1.29 is 0 Å². The van der Waals surface area contributed by atoms with Gasteiger partial charge in [0.1, 0.15) is 12.0 Å². The van der Waals surface area contributed by atoms with Gasteiger partial charge in [0.25, 0.3) is 0 Å². The van der Waals surface area contributed by atoms with Crippen LogP contribution < -0.4 is 16.0 Å². The Hall–Kier alpha value is -2.89. The highest BCUT2D eigenvalue weighted by Gasteiger charge is 2.13. The summed E-state index contributed by atoms with van der Waals surface area (Å²) in [4.78, 5) is 15.1. The summed E-state index contributed by atoms with van der Waals surface area (Å²) in [6, 6.07) is 9.86. The van der Waals surface area contributed by atoms with Gasteiger partial charge < -0.3 is 16.0 Å². The SMILES string of the molecule is CCN(CC)c1ncnc(Nc2cccc3ncccc23)c1N. The fourth-order valence-electron chi connectivity index (χ4n) is 2.60. The summed E-state index contributed by atoms with van der Waals surface area (Å²) in [6.07, 6.45) is 3.32. The van der Waals surface area contributed by atoms with Crippen LogP contribution in [0.15, 0.2) is 42.9 Å². The number of aromatic nitrogens is 3. The Morgan fingerprint density at radius 2 is 1.87 bits per heavy atom. The van der Waals surface area contributed by atoms with E-state index in [1.807, 2.05) is 30.3 Å². The number of nitrogens with zero attached hydrogens (tertiary/aromatic N) is 4. The van der Waals surface area contributed by atoms with Crippen LogP contribution in [0.3, 0.4) is 0 Å². The summed E-state index contributed by atoms with van der Waals surface area (Å²) in [5, 5.41) is 4.34. The minimum absolute atomic E-state index is 0.553. The average Bonchev–Trinajstić information content (AvgIpc) is 2.59. The first-order valence-corrected chi connectivity index (χ1v) is 7.70. The molecule has 0 spiro atoms. The molecule has 1 aromatic carbocycles. The molecule has 118 valence electrons. The van der Waals surface area contributed by atoms with Crippen LogP contribution in [-0.2, 0) is 0 Å². The molecule has 2 aromatic heterocycles. The number of pyridine rings is 1. The number of benzene rings is 1. The lowest BCUT2D eigenvalue weighted by molar-refractivity contribution is 0.844. The zero-order valence-electron chi connectivity index (χ0n) is 13.3. The fourth-order valence-corrected chi connectivity index (χ4v) is 2.60. The highest BCUT2D eigenvalue weighted by Crippen LogP contribution is 2.30. The highest BCUT2D eigenvalue weighted by atomic mass is 15.2. The predicted octanol–water partition coefficient (Wildman–Crippen LogP) is 3.20. The van der Waals surface area contributed by atoms with Crippen LogP contribution in [0, 0.1) is 0 Å². The number of nitrogens with two attached hydrogens (primary N) is 1. The first-order valence-electron chi connectivity index (χ1n) is 7.70. The third-order valence-electron chi connectivity index (χ3n) is 3.82. The molecule has 0 saturated carbocycles. The van der Waals surface area contributed by atoms with Crippen molar-refractivity contribution in [2.75, 3.05) is 29.0 Å². The zero-order chi connectivity index (χ0) is 16.2. The third kappa shape index (κ3) is 2.88. The minimum atomic E-state index is 0.553. The van der Waals surface area contributed by atoms with Gasteiger partial charge in [-0.2, -0.15) is 0 Å². The van der Waals surface area contributed by atoms with Gasteiger partial charge in [-0.1, -0.05) is 6.07 Å². The Bertz CT molecular complexity index is 808. The number of fused-ring (bicyclic) bond motifs is 1. The molecule has 0 aliphatic heterocycles. The smallest absolute Gasteiger partial charge is 0.159 e. The van der Waals surface area contributed by atoms with E-state index in [0.717, 1.165) is 35.5 Å². The van der Waals surface area contributed by atoms with Crippen LogP contribution in [0.5, 0.6) is 0 Å². The number of rotatable bonds is 5. The van der Waals surface area contributed by atoms with Crippen molar-refractivity contribution in [2.24, 2.45) is 0 Å². The monoisotopic (exact) mass is 308 g/mol. The second-order valence-corrected chi connectivity index (χ2v) is 5.13. The molecule has 3 N–H and O–H groups in total. The standard InChI is InChI=1S/C17H20N6/c1-3-23(4-2)17-15(18)16(20-11-21-17)22-14-9-5-8-13-12(14)7-6-10-19-13/h5-11H,3-4,18H2,1-2H3,(H,20,21,22). The lowest BCUT2D eigenvalue weighted by atomic mass is 10.2. The summed E-state index contributed by atoms with van der Waals surface area (Å²) in [5.74, 6) is 1.36. The van der Waals surface area contributed by atoms with Gasteiger partial charge in [-0.25, -0.2) is 9.97 Å². The zero-order valence-corrected chi connectivity index (χ0v) is 13.3. The van der Waals surface area contributed by atoms with Gasteiger partial charge in [-0.15, -0.1) is 0 Å². The molecule has 0 aliphatic rings. The molecule has 6 heteroatoms. The summed E-state index contributed by atoms with van der Waals surface area (Å²) in [6.45, 7) is 5.84. The maximum absolute atomic E-state index is 6.28. The van der Waals surface area contributed by atoms with Crippen molar-refractivity contribution in [3.63, 3.8) is 0 Å². The number of hydrogen-bond acceptors (Lipinski definition) is 6. The quantitative estimate of drug-likeness (QED) is 0.753. The summed E-state index contributed by atoms with van der Waals surface area (Å²) < 4.78 is 0. The van der Waals surface area contributed by atoms with E-state index in [9.17, 15) is 0 Å². The van der Waals surface area contributed by atoms with Crippen LogP contribution in [0.25, 0.3) is 10.9 Å². The molecule has 3 aromatic rings. The van der Waals surface area contributed by atoms with Crippen molar-refractivity contribution in [3.05, 3.63) is 42.9 Å². The Morgan fingerprint density at radius 3 is 2.65 bits per heavy atom. The molecule has 0 saturated heterocycles. The van der Waals surface area contributed by atoms with E-state index >= 15 is 0 Å². The van der Waals surface area contributed by atoms with Crippen molar-refractivity contribution in [2.45, 2.75) is 13.8 Å². The van der Waals surface area contributed by atoms with E-state index in [1.165, 1.54) is 6.33 Å². The van der Waals surface area contributed by atoms with Crippen LogP contribution >= 0.6 is 0 Å². The Morgan fingerprint density at radius 1 is 1.04 bits per heavy atom. The van der Waals surface area contributed by atoms with E-state index < -0.39 is 0 Å². The molecule has 0 radical (unpaired) electrons. The molecule has 0 unspecified atom stereocenters. The van der Waals surface area contributed by atoms with Gasteiger partial charge >= 0.3 is 0 Å². The van der Waals surface area contributed by atoms with E-state index in [2.05, 4.69) is 39.0 Å². The maximum Gasteiger partial charge on any atom is 0.159 e. The van der Waals surface area contributed by atoms with Gasteiger partial charge in [-0.3, -0.25) is 4.98 Å². The molecule has 23 heavy (non-hydrogen) atoms. The first kappa shape index (κ1) is 15.0. The maximum atomic E-state index is 6.28. The molecule has 0 aliphatic carbocycles. The Balaban J connectivity index is 2.01. The minimum Gasteiger partial charge on any atom is -0.393 e. The van der Waals surface area contributed by atoms with Gasteiger partial charge in [0.05, 0.1) is 5.52 Å². The second-order valence-electron chi connectivity index (χ2n) is 5.13. The fraction of sp³-hybridized carbons (Fsp3) is 0.235. The Kier molecular flexibility index (Phi) is 4.23. The van der Waals surface area contributed by atoms with Gasteiger partial charge in [-0.05, 0) is 38.1 Å². The second kappa shape index (κ2) is 6.48. The molecular formula is C17H20N6. The van der Waals surface area contributed by atoms with E-state index in [0.29, 0.717) is 11.5 Å². The topological polar surface area (TPSA) is 80.0 Å². The van der Waals surface area contributed by atoms with Gasteiger partial charge in [0, 0.05) is 30.4 Å². The van der Waals surface area contributed by atoms with Crippen molar-refractivity contribution >= 4 is 33.9 Å². The summed E-state index contributed by atoms with van der Waals surface area (Å²) in [7, 11) is 0. The molecule has 6 nitrogen and oxygen atoms in total. The Labute approximate surface area is 135 Å². The predicted molar refractivity (Wildman–Crippen MR) is 95.0 cm³/mol. The van der Waals surface area contributed by atoms with Crippen molar-refractivity contribution in [1.82, 2.24) is 15.0 Å². The van der Waals surface area contributed by atoms with E-state index in [1.54, 1.807) is 6.20 Å². The van der Waals surface area contributed by atoms with Gasteiger partial charge in [0.2, 0.25) is 0 Å². The molecule has 0 bridgehead atoms. The van der Waals surface area contributed by atoms with Gasteiger partial charge in [0.15, 0.2) is 11.6 Å². The largest absolute Gasteiger partial charge is 0.393 e. The average molecular weight is 308 g/mol. The van der Waals surface area contributed by atoms with Crippen LogP contribution in [0.1, 0.15) is 13.8 Å². The van der Waals surface area contributed by atoms with Crippen molar-refractivity contribution in [3.8, 4) is 0 Å². The highest BCUT2D eigenvalue weighted by molar-refractivity contribution is 5.94. The number of nitrogen functional groups attached to an aromatic ring is 1. The summed E-state index contributed by atoms with van der Waals surface area (Å²) in [5.41, 5.74) is 8.68. The van der Waals surface area contributed by atoms with Crippen molar-refractivity contribution in [1.29, 1.82) is 0 Å². The van der Waals surface area contributed by atoms with Crippen LogP contribution in [-0.4, -0.2) is 28.0 Å². The van der Waals surface area contributed by atoms with E-state index in [4.69, 9.17) is 5.73 Å². The van der Waals surface area contributed by atoms with Crippen LogP contribution in [0.4, 0.5) is 23.0 Å². The molecule has 0 fully saturated rings. The molecule has 0 amide bonds. The third-order valence-corrected chi connectivity index (χ3v) is 3.82. The number of anilines is 4. The molecule has 0 atom stereocenters. The normalized spacial score (nSPS) is 10.7. The molecule has 3 rings (SSSR count). The number of hydrogen-bond donors (Lipinski definition) is 2. The molecule has 2 heterocycles. The lowest BCUT2D eigenvalue weighted by Crippen LogP contribution is -2.24. The lowest BCUT2D eigenvalue weighted by Gasteiger charge is -2.22. The van der Waals surface area contributed by atoms with Crippen LogP contribution in [0.2, 0.25) is 0 Å². The first-order chi connectivity index (χ1) is 11.2. The van der Waals surface area contributed by atoms with E-state index in [-0.39, 0.29) is 0 Å². The summed E-state index contributed by atoms with van der Waals surface area (Å²) >= 11 is 0. The number of nitrogens with one attached hydrogen (secondary N) is 1.